The van der Waals surface area contributed by atoms with Gasteiger partial charge in [-0.05, 0) is 23.6 Å². The zero-order chi connectivity index (χ0) is 14.0. The Morgan fingerprint density at radius 2 is 2.26 bits per heavy atom. The molecule has 2 rings (SSSR count). The first kappa shape index (κ1) is 14.0. The Bertz CT molecular complexity index is 519. The van der Waals surface area contributed by atoms with Crippen molar-refractivity contribution in [3.05, 3.63) is 43.9 Å². The van der Waals surface area contributed by atoms with Gasteiger partial charge in [0.15, 0.2) is 0 Å². The van der Waals surface area contributed by atoms with Crippen LogP contribution in [0.15, 0.2) is 22.7 Å². The molecule has 102 valence electrons. The zero-order valence-electron chi connectivity index (χ0n) is 10.6. The summed E-state index contributed by atoms with van der Waals surface area (Å²) in [5, 5.41) is 13.8. The molecular formula is C13H15BrN2O3. The number of halogens is 1. The summed E-state index contributed by atoms with van der Waals surface area (Å²) in [5.41, 5.74) is 1.92. The van der Waals surface area contributed by atoms with E-state index in [4.69, 9.17) is 0 Å². The predicted molar refractivity (Wildman–Crippen MR) is 74.4 cm³/mol. The second kappa shape index (κ2) is 5.69. The molecule has 2 atom stereocenters. The van der Waals surface area contributed by atoms with Crippen molar-refractivity contribution in [1.82, 2.24) is 5.32 Å². The van der Waals surface area contributed by atoms with Gasteiger partial charge < -0.3 is 5.32 Å². The highest BCUT2D eigenvalue weighted by Gasteiger charge is 2.38. The zero-order valence-corrected chi connectivity index (χ0v) is 12.1. The number of nitrogens with zero attached hydrogens (tertiary/aromatic N) is 1. The number of piperidine rings is 1. The van der Waals surface area contributed by atoms with Gasteiger partial charge in [-0.1, -0.05) is 35.0 Å². The number of amides is 1. The van der Waals surface area contributed by atoms with Gasteiger partial charge in [0, 0.05) is 22.2 Å². The van der Waals surface area contributed by atoms with Crippen LogP contribution in [0.3, 0.4) is 0 Å². The van der Waals surface area contributed by atoms with Crippen LogP contribution in [0.5, 0.6) is 0 Å². The maximum absolute atomic E-state index is 11.5. The van der Waals surface area contributed by atoms with Gasteiger partial charge in [0.1, 0.15) is 6.04 Å². The fourth-order valence-corrected chi connectivity index (χ4v) is 3.04. The monoisotopic (exact) mass is 326 g/mol. The second-order valence-corrected chi connectivity index (χ2v) is 5.50. The smallest absolute Gasteiger partial charge is 0.237 e. The van der Waals surface area contributed by atoms with E-state index >= 15 is 0 Å². The number of hydrogen-bond acceptors (Lipinski definition) is 3. The summed E-state index contributed by atoms with van der Waals surface area (Å²) in [5.74, 6) is -0.126. The third kappa shape index (κ3) is 2.94. The van der Waals surface area contributed by atoms with Crippen LogP contribution in [0.2, 0.25) is 0 Å². The van der Waals surface area contributed by atoms with Crippen molar-refractivity contribution in [3.63, 3.8) is 0 Å². The first-order valence-electron chi connectivity index (χ1n) is 6.24. The lowest BCUT2D eigenvalue weighted by Gasteiger charge is -2.27. The second-order valence-electron chi connectivity index (χ2n) is 4.64. The SMILES string of the molecule is CCc1ccc(C2NC(=O)CCC2[N+](=O)[O-])cc1Br. The summed E-state index contributed by atoms with van der Waals surface area (Å²) in [7, 11) is 0. The minimum absolute atomic E-state index is 0.126. The molecule has 0 saturated carbocycles. The van der Waals surface area contributed by atoms with Crippen molar-refractivity contribution in [2.24, 2.45) is 0 Å². The molecule has 1 heterocycles. The first-order chi connectivity index (χ1) is 9.02. The van der Waals surface area contributed by atoms with E-state index in [1.165, 1.54) is 0 Å². The van der Waals surface area contributed by atoms with Gasteiger partial charge >= 0.3 is 0 Å². The van der Waals surface area contributed by atoms with E-state index in [1.807, 2.05) is 25.1 Å². The molecule has 6 heteroatoms. The minimum Gasteiger partial charge on any atom is -0.343 e. The van der Waals surface area contributed by atoms with Crippen molar-refractivity contribution < 1.29 is 9.72 Å². The van der Waals surface area contributed by atoms with Crippen LogP contribution in [0, 0.1) is 10.1 Å². The van der Waals surface area contributed by atoms with E-state index in [2.05, 4.69) is 21.2 Å². The Balaban J connectivity index is 2.33. The van der Waals surface area contributed by atoms with Crippen LogP contribution in [0.4, 0.5) is 0 Å². The third-order valence-electron chi connectivity index (χ3n) is 3.46. The molecule has 0 spiro atoms. The highest BCUT2D eigenvalue weighted by Crippen LogP contribution is 2.29. The lowest BCUT2D eigenvalue weighted by atomic mass is 9.92. The van der Waals surface area contributed by atoms with Crippen LogP contribution in [0.25, 0.3) is 0 Å². The summed E-state index contributed by atoms with van der Waals surface area (Å²) >= 11 is 3.46. The van der Waals surface area contributed by atoms with Crippen molar-refractivity contribution in [2.45, 2.75) is 38.3 Å². The van der Waals surface area contributed by atoms with Crippen molar-refractivity contribution in [2.75, 3.05) is 0 Å². The van der Waals surface area contributed by atoms with Gasteiger partial charge in [0.05, 0.1) is 0 Å². The number of aryl methyl sites for hydroxylation is 1. The Morgan fingerprint density at radius 3 is 2.84 bits per heavy atom. The average Bonchev–Trinajstić information content (AvgIpc) is 2.38. The Kier molecular flexibility index (Phi) is 4.19. The molecule has 5 nitrogen and oxygen atoms in total. The first-order valence-corrected chi connectivity index (χ1v) is 7.03. The highest BCUT2D eigenvalue weighted by molar-refractivity contribution is 9.10. The lowest BCUT2D eigenvalue weighted by molar-refractivity contribution is -0.529. The minimum atomic E-state index is -0.753. The van der Waals surface area contributed by atoms with Gasteiger partial charge in [-0.2, -0.15) is 0 Å². The Labute approximate surface area is 119 Å². The standard InChI is InChI=1S/C13H15BrN2O3/c1-2-8-3-4-9(7-10(8)14)13-11(16(18)19)5-6-12(17)15-13/h3-4,7,11,13H,2,5-6H2,1H3,(H,15,17). The molecule has 1 aliphatic rings. The van der Waals surface area contributed by atoms with Crippen molar-refractivity contribution in [3.8, 4) is 0 Å². The maximum Gasteiger partial charge on any atom is 0.237 e. The fourth-order valence-electron chi connectivity index (χ4n) is 2.36. The summed E-state index contributed by atoms with van der Waals surface area (Å²) in [6, 6.07) is 4.37. The molecule has 1 saturated heterocycles. The van der Waals surface area contributed by atoms with Crippen LogP contribution >= 0.6 is 15.9 Å². The Morgan fingerprint density at radius 1 is 1.53 bits per heavy atom. The molecule has 1 amide bonds. The molecule has 0 bridgehead atoms. The van der Waals surface area contributed by atoms with Gasteiger partial charge in [-0.3, -0.25) is 14.9 Å². The number of rotatable bonds is 3. The van der Waals surface area contributed by atoms with E-state index < -0.39 is 12.1 Å². The molecule has 0 radical (unpaired) electrons. The normalized spacial score (nSPS) is 22.9. The van der Waals surface area contributed by atoms with Gasteiger partial charge in [-0.25, -0.2) is 0 Å². The van der Waals surface area contributed by atoms with E-state index in [-0.39, 0.29) is 23.7 Å². The number of carbonyl (C=O) groups is 1. The van der Waals surface area contributed by atoms with Gasteiger partial charge in [-0.15, -0.1) is 0 Å². The molecule has 1 fully saturated rings. The topological polar surface area (TPSA) is 72.2 Å². The van der Waals surface area contributed by atoms with Crippen LogP contribution < -0.4 is 5.32 Å². The van der Waals surface area contributed by atoms with Crippen molar-refractivity contribution >= 4 is 21.8 Å². The molecule has 2 unspecified atom stereocenters. The summed E-state index contributed by atoms with van der Waals surface area (Å²) in [4.78, 5) is 22.3. The highest BCUT2D eigenvalue weighted by atomic mass is 79.9. The number of nitro groups is 1. The van der Waals surface area contributed by atoms with Gasteiger partial charge in [0.2, 0.25) is 11.9 Å². The average molecular weight is 327 g/mol. The predicted octanol–water partition coefficient (Wildman–Crippen LogP) is 2.61. The number of carbonyl (C=O) groups excluding carboxylic acids is 1. The van der Waals surface area contributed by atoms with E-state index in [9.17, 15) is 14.9 Å². The number of nitrogens with one attached hydrogen (secondary N) is 1. The van der Waals surface area contributed by atoms with E-state index in [1.54, 1.807) is 0 Å². The molecule has 1 aliphatic heterocycles. The molecular weight excluding hydrogens is 312 g/mol. The number of benzene rings is 1. The summed E-state index contributed by atoms with van der Waals surface area (Å²) < 4.78 is 0.925. The van der Waals surface area contributed by atoms with Gasteiger partial charge in [0.25, 0.3) is 0 Å². The largest absolute Gasteiger partial charge is 0.343 e. The fraction of sp³-hybridized carbons (Fsp3) is 0.462. The molecule has 1 aromatic carbocycles. The Hall–Kier alpha value is -1.43. The van der Waals surface area contributed by atoms with Crippen LogP contribution in [-0.2, 0) is 11.2 Å². The summed E-state index contributed by atoms with van der Waals surface area (Å²) in [6.07, 6.45) is 1.39. The quantitative estimate of drug-likeness (QED) is 0.685. The molecule has 1 N–H and O–H groups in total. The lowest BCUT2D eigenvalue weighted by Crippen LogP contribution is -2.45. The molecule has 19 heavy (non-hydrogen) atoms. The molecule has 0 aliphatic carbocycles. The molecule has 0 aromatic heterocycles. The number of hydrogen-bond donors (Lipinski definition) is 1. The van der Waals surface area contributed by atoms with E-state index in [0.29, 0.717) is 0 Å². The molecule has 1 aromatic rings. The maximum atomic E-state index is 11.5. The summed E-state index contributed by atoms with van der Waals surface area (Å²) in [6.45, 7) is 2.04. The van der Waals surface area contributed by atoms with E-state index in [0.717, 1.165) is 22.0 Å². The van der Waals surface area contributed by atoms with Crippen LogP contribution in [0.1, 0.15) is 36.9 Å². The van der Waals surface area contributed by atoms with Crippen LogP contribution in [-0.4, -0.2) is 16.9 Å². The van der Waals surface area contributed by atoms with Crippen molar-refractivity contribution in [1.29, 1.82) is 0 Å². The third-order valence-corrected chi connectivity index (χ3v) is 4.19.